The van der Waals surface area contributed by atoms with Crippen molar-refractivity contribution in [2.45, 2.75) is 19.3 Å². The number of carboxylic acids is 1. The molecule has 0 aliphatic carbocycles. The first-order valence-electron chi connectivity index (χ1n) is 2.55. The molecule has 1 N–H and O–H groups in total. The zero-order valence-electron chi connectivity index (χ0n) is 4.56. The van der Waals surface area contributed by atoms with E-state index >= 15 is 0 Å². The maximum absolute atomic E-state index is 9.83. The van der Waals surface area contributed by atoms with Crippen LogP contribution in [0.5, 0.6) is 0 Å². The van der Waals surface area contributed by atoms with Crippen LogP contribution in [0.4, 0.5) is 0 Å². The molecule has 0 unspecified atom stereocenters. The molecule has 0 aliphatic heterocycles. The molecule has 0 bridgehead atoms. The van der Waals surface area contributed by atoms with Crippen molar-refractivity contribution in [1.29, 1.82) is 0 Å². The summed E-state index contributed by atoms with van der Waals surface area (Å²) in [5, 5.41) is 8.10. The minimum atomic E-state index is -0.741. The summed E-state index contributed by atoms with van der Waals surface area (Å²) < 4.78 is 0. The molecule has 0 saturated heterocycles. The van der Waals surface area contributed by atoms with Crippen molar-refractivity contribution in [2.75, 3.05) is 5.88 Å². The van der Waals surface area contributed by atoms with Gasteiger partial charge in [-0.25, -0.2) is 0 Å². The van der Waals surface area contributed by atoms with Crippen molar-refractivity contribution in [3.8, 4) is 0 Å². The Morgan fingerprint density at radius 2 is 2.00 bits per heavy atom. The number of hydrogen-bond acceptors (Lipinski definition) is 1. The number of aliphatic carboxylic acids is 1. The molecule has 50 valence electrons. The maximum atomic E-state index is 9.83. The molecule has 0 spiro atoms. The molecule has 0 amide bonds. The van der Waals surface area contributed by atoms with Gasteiger partial charge in [-0.1, -0.05) is 0 Å². The number of unbranched alkanes of at least 4 members (excludes halogenated alkanes) is 1. The molecule has 0 heterocycles. The van der Waals surface area contributed by atoms with Gasteiger partial charge in [0.15, 0.2) is 0 Å². The summed E-state index contributed by atoms with van der Waals surface area (Å²) in [4.78, 5) is 9.83. The normalized spacial score (nSPS) is 8.11. The SMILES string of the molecule is O=C(O)CCCCCl.[NaH]. The summed E-state index contributed by atoms with van der Waals surface area (Å²) in [7, 11) is 0. The summed E-state index contributed by atoms with van der Waals surface area (Å²) in [6, 6.07) is 0. The molecule has 0 radical (unpaired) electrons. The number of rotatable bonds is 4. The van der Waals surface area contributed by atoms with Gasteiger partial charge in [-0.15, -0.1) is 11.6 Å². The number of alkyl halides is 1. The fourth-order valence-electron chi connectivity index (χ4n) is 0.371. The Morgan fingerprint density at radius 3 is 2.33 bits per heavy atom. The van der Waals surface area contributed by atoms with Gasteiger partial charge < -0.3 is 5.11 Å². The first-order valence-corrected chi connectivity index (χ1v) is 3.08. The number of halogens is 1. The van der Waals surface area contributed by atoms with E-state index in [9.17, 15) is 4.79 Å². The Labute approximate surface area is 81.9 Å². The summed E-state index contributed by atoms with van der Waals surface area (Å²) in [5.74, 6) is -0.178. The van der Waals surface area contributed by atoms with E-state index < -0.39 is 5.97 Å². The molecule has 0 atom stereocenters. The molecular formula is C5H10ClNaO2. The van der Waals surface area contributed by atoms with E-state index in [0.717, 1.165) is 6.42 Å². The van der Waals surface area contributed by atoms with Crippen LogP contribution in [0.15, 0.2) is 0 Å². The van der Waals surface area contributed by atoms with Gasteiger partial charge in [-0.2, -0.15) is 0 Å². The molecule has 0 fully saturated rings. The Hall–Kier alpha value is 0.760. The van der Waals surface area contributed by atoms with Crippen LogP contribution >= 0.6 is 11.6 Å². The second kappa shape index (κ2) is 8.76. The van der Waals surface area contributed by atoms with Crippen LogP contribution in [0.3, 0.4) is 0 Å². The second-order valence-corrected chi connectivity index (χ2v) is 1.92. The predicted octanol–water partition coefficient (Wildman–Crippen LogP) is 0.832. The Morgan fingerprint density at radius 1 is 1.44 bits per heavy atom. The third-order valence-corrected chi connectivity index (χ3v) is 1.04. The summed E-state index contributed by atoms with van der Waals surface area (Å²) in [6.45, 7) is 0. The molecule has 0 aromatic rings. The molecule has 0 aromatic carbocycles. The van der Waals surface area contributed by atoms with Gasteiger partial charge in [0.25, 0.3) is 0 Å². The average Bonchev–Trinajstić information content (AvgIpc) is 1.66. The van der Waals surface area contributed by atoms with E-state index in [4.69, 9.17) is 16.7 Å². The predicted molar refractivity (Wildman–Crippen MR) is 39.4 cm³/mol. The molecule has 4 heteroatoms. The van der Waals surface area contributed by atoms with E-state index in [2.05, 4.69) is 0 Å². The van der Waals surface area contributed by atoms with Crippen LogP contribution in [0, 0.1) is 0 Å². The van der Waals surface area contributed by atoms with E-state index in [-0.39, 0.29) is 36.0 Å². The molecule has 0 aliphatic rings. The van der Waals surface area contributed by atoms with Crippen LogP contribution in [-0.2, 0) is 4.79 Å². The van der Waals surface area contributed by atoms with E-state index in [1.54, 1.807) is 0 Å². The quantitative estimate of drug-likeness (QED) is 0.376. The standard InChI is InChI=1S/C5H9ClO2.Na.H/c6-4-2-1-3-5(7)8;;/h1-4H2,(H,7,8);;. The fraction of sp³-hybridized carbons (Fsp3) is 0.800. The van der Waals surface area contributed by atoms with Crippen LogP contribution in [0.2, 0.25) is 0 Å². The second-order valence-electron chi connectivity index (χ2n) is 1.54. The summed E-state index contributed by atoms with van der Waals surface area (Å²) in [5.41, 5.74) is 0. The molecule has 2 nitrogen and oxygen atoms in total. The minimum absolute atomic E-state index is 0. The third-order valence-electron chi connectivity index (χ3n) is 0.774. The monoisotopic (exact) mass is 160 g/mol. The zero-order valence-corrected chi connectivity index (χ0v) is 5.32. The Bertz CT molecular complexity index is 77.4. The molecule has 0 saturated carbocycles. The van der Waals surface area contributed by atoms with Crippen LogP contribution in [0.1, 0.15) is 19.3 Å². The molecule has 9 heavy (non-hydrogen) atoms. The van der Waals surface area contributed by atoms with Gasteiger partial charge in [-0.3, -0.25) is 4.79 Å². The van der Waals surface area contributed by atoms with Crippen molar-refractivity contribution in [3.05, 3.63) is 0 Å². The number of hydrogen-bond donors (Lipinski definition) is 1. The fourth-order valence-corrected chi connectivity index (χ4v) is 0.560. The van der Waals surface area contributed by atoms with Crippen LogP contribution in [0.25, 0.3) is 0 Å². The average molecular weight is 161 g/mol. The Balaban J connectivity index is 0. The van der Waals surface area contributed by atoms with Crippen LogP contribution in [-0.4, -0.2) is 46.5 Å². The van der Waals surface area contributed by atoms with Crippen molar-refractivity contribution in [1.82, 2.24) is 0 Å². The first-order chi connectivity index (χ1) is 3.77. The van der Waals surface area contributed by atoms with E-state index in [0.29, 0.717) is 12.3 Å². The van der Waals surface area contributed by atoms with Gasteiger partial charge in [-0.05, 0) is 12.8 Å². The van der Waals surface area contributed by atoms with Gasteiger partial charge in [0.1, 0.15) is 0 Å². The molecule has 0 rings (SSSR count). The van der Waals surface area contributed by atoms with Gasteiger partial charge in [0.2, 0.25) is 0 Å². The van der Waals surface area contributed by atoms with E-state index in [1.165, 1.54) is 0 Å². The topological polar surface area (TPSA) is 37.3 Å². The van der Waals surface area contributed by atoms with Crippen LogP contribution < -0.4 is 0 Å². The van der Waals surface area contributed by atoms with Crippen molar-refractivity contribution >= 4 is 47.1 Å². The number of carbonyl (C=O) groups is 1. The van der Waals surface area contributed by atoms with Crippen molar-refractivity contribution < 1.29 is 9.90 Å². The third kappa shape index (κ3) is 12.1. The Kier molecular flexibility index (Phi) is 12.1. The number of carboxylic acid groups (broad SMARTS) is 1. The van der Waals surface area contributed by atoms with Crippen molar-refractivity contribution in [2.24, 2.45) is 0 Å². The molecule has 0 aromatic heterocycles. The van der Waals surface area contributed by atoms with Crippen molar-refractivity contribution in [3.63, 3.8) is 0 Å². The van der Waals surface area contributed by atoms with Gasteiger partial charge in [0, 0.05) is 12.3 Å². The zero-order chi connectivity index (χ0) is 6.41. The van der Waals surface area contributed by atoms with Gasteiger partial charge in [0.05, 0.1) is 0 Å². The van der Waals surface area contributed by atoms with E-state index in [1.807, 2.05) is 0 Å². The first kappa shape index (κ1) is 12.4. The summed E-state index contributed by atoms with van der Waals surface area (Å²) >= 11 is 5.29. The summed E-state index contributed by atoms with van der Waals surface area (Å²) in [6.07, 6.45) is 1.74. The molecular weight excluding hydrogens is 150 g/mol. The van der Waals surface area contributed by atoms with Gasteiger partial charge >= 0.3 is 35.5 Å².